The predicted molar refractivity (Wildman–Crippen MR) is 140 cm³/mol. The van der Waals surface area contributed by atoms with E-state index in [1.807, 2.05) is 0 Å². The lowest BCUT2D eigenvalue weighted by molar-refractivity contribution is -0.391. The highest BCUT2D eigenvalue weighted by molar-refractivity contribution is 5.77. The van der Waals surface area contributed by atoms with E-state index in [-0.39, 0.29) is 23.6 Å². The van der Waals surface area contributed by atoms with Crippen LogP contribution in [0.25, 0.3) is 0 Å². The Bertz CT molecular complexity index is 1540. The van der Waals surface area contributed by atoms with Gasteiger partial charge in [0.25, 0.3) is 0 Å². The van der Waals surface area contributed by atoms with Gasteiger partial charge in [-0.2, -0.15) is 35.1 Å². The number of amides is 2. The summed E-state index contributed by atoms with van der Waals surface area (Å²) in [6, 6.07) is 11.7. The van der Waals surface area contributed by atoms with E-state index in [0.717, 1.165) is 43.2 Å². The van der Waals surface area contributed by atoms with Crippen LogP contribution in [-0.2, 0) is 12.0 Å². The fourth-order valence-corrected chi connectivity index (χ4v) is 5.35. The Morgan fingerprint density at radius 1 is 0.889 bits per heavy atom. The number of halogens is 9. The normalized spacial score (nSPS) is 18.7. The highest BCUT2D eigenvalue weighted by atomic mass is 19.3. The first kappa shape index (κ1) is 32.1. The SMILES string of the molecule is O=C(NC1CCCC1)N[C@@](Cc1ccccc1)(c1cc(F)cc(OC(F)(F)C(F)F)c1)c1ccc2c(c1)OC(F)(F)C(F)(F)O2. The van der Waals surface area contributed by atoms with Crippen molar-refractivity contribution in [1.29, 1.82) is 0 Å². The first-order valence-corrected chi connectivity index (χ1v) is 13.7. The fraction of sp³-hybridized carbons (Fsp3) is 0.367. The summed E-state index contributed by atoms with van der Waals surface area (Å²) in [6.45, 7) is 0. The molecule has 2 amide bonds. The smallest absolute Gasteiger partial charge is 0.428 e. The molecule has 1 heterocycles. The number of alkyl halides is 8. The first-order valence-electron chi connectivity index (χ1n) is 13.7. The number of nitrogens with one attached hydrogen (secondary N) is 2. The van der Waals surface area contributed by atoms with Crippen molar-refractivity contribution in [3.8, 4) is 17.2 Å². The molecular formula is C30H25F9N2O4. The van der Waals surface area contributed by atoms with Crippen molar-refractivity contribution >= 4 is 6.03 Å². The van der Waals surface area contributed by atoms with Gasteiger partial charge in [-0.05, 0) is 53.8 Å². The minimum Gasteiger partial charge on any atom is -0.428 e. The van der Waals surface area contributed by atoms with Crippen molar-refractivity contribution in [2.24, 2.45) is 0 Å². The van der Waals surface area contributed by atoms with Crippen LogP contribution in [0.4, 0.5) is 44.3 Å². The average molecular weight is 649 g/mol. The van der Waals surface area contributed by atoms with E-state index in [0.29, 0.717) is 24.5 Å². The second kappa shape index (κ2) is 11.9. The van der Waals surface area contributed by atoms with Crippen LogP contribution in [0, 0.1) is 5.82 Å². The number of rotatable bonds is 9. The minimum absolute atomic E-state index is 0.173. The Morgan fingerprint density at radius 2 is 1.53 bits per heavy atom. The van der Waals surface area contributed by atoms with Gasteiger partial charge in [0.15, 0.2) is 11.5 Å². The third kappa shape index (κ3) is 6.71. The van der Waals surface area contributed by atoms with Gasteiger partial charge in [-0.1, -0.05) is 49.2 Å². The number of urea groups is 1. The number of hydrogen-bond donors (Lipinski definition) is 2. The van der Waals surface area contributed by atoms with Crippen molar-refractivity contribution in [1.82, 2.24) is 10.6 Å². The number of fused-ring (bicyclic) bond motifs is 1. The van der Waals surface area contributed by atoms with Gasteiger partial charge in [-0.3, -0.25) is 0 Å². The zero-order chi connectivity index (χ0) is 32.6. The molecule has 242 valence electrons. The Balaban J connectivity index is 1.70. The Labute approximate surface area is 250 Å². The third-order valence-corrected chi connectivity index (χ3v) is 7.45. The summed E-state index contributed by atoms with van der Waals surface area (Å²) in [7, 11) is 0. The zero-order valence-electron chi connectivity index (χ0n) is 23.1. The van der Waals surface area contributed by atoms with E-state index in [9.17, 15) is 39.9 Å². The molecular weight excluding hydrogens is 623 g/mol. The van der Waals surface area contributed by atoms with E-state index < -0.39 is 59.4 Å². The van der Waals surface area contributed by atoms with Crippen molar-refractivity contribution < 1.29 is 58.5 Å². The van der Waals surface area contributed by atoms with Crippen LogP contribution in [0.2, 0.25) is 0 Å². The predicted octanol–water partition coefficient (Wildman–Crippen LogP) is 7.75. The second-order valence-electron chi connectivity index (χ2n) is 10.7. The van der Waals surface area contributed by atoms with Gasteiger partial charge < -0.3 is 24.8 Å². The topological polar surface area (TPSA) is 68.8 Å². The van der Waals surface area contributed by atoms with Gasteiger partial charge in [-0.25, -0.2) is 9.18 Å². The third-order valence-electron chi connectivity index (χ3n) is 7.45. The van der Waals surface area contributed by atoms with Gasteiger partial charge in [0, 0.05) is 18.5 Å². The first-order chi connectivity index (χ1) is 21.1. The molecule has 0 bridgehead atoms. The van der Waals surface area contributed by atoms with E-state index in [1.54, 1.807) is 30.3 Å². The lowest BCUT2D eigenvalue weighted by atomic mass is 9.77. The minimum atomic E-state index is -5.12. The van der Waals surface area contributed by atoms with Gasteiger partial charge >= 0.3 is 30.8 Å². The van der Waals surface area contributed by atoms with E-state index in [2.05, 4.69) is 24.8 Å². The number of hydrogen-bond acceptors (Lipinski definition) is 4. The summed E-state index contributed by atoms with van der Waals surface area (Å²) in [5, 5.41) is 5.44. The van der Waals surface area contributed by atoms with Gasteiger partial charge in [0.05, 0.1) is 5.54 Å². The molecule has 1 atom stereocenters. The van der Waals surface area contributed by atoms with Gasteiger partial charge in [0.1, 0.15) is 11.6 Å². The molecule has 45 heavy (non-hydrogen) atoms. The highest BCUT2D eigenvalue weighted by Gasteiger charge is 2.66. The molecule has 1 aliphatic carbocycles. The van der Waals surface area contributed by atoms with Crippen molar-refractivity contribution in [3.63, 3.8) is 0 Å². The molecule has 0 radical (unpaired) electrons. The van der Waals surface area contributed by atoms with Crippen LogP contribution in [0.5, 0.6) is 17.2 Å². The number of carbonyl (C=O) groups is 1. The second-order valence-corrected chi connectivity index (χ2v) is 10.7. The fourth-order valence-electron chi connectivity index (χ4n) is 5.35. The lowest BCUT2D eigenvalue weighted by Crippen LogP contribution is -2.54. The van der Waals surface area contributed by atoms with Crippen molar-refractivity contribution in [3.05, 3.63) is 89.2 Å². The molecule has 15 heteroatoms. The van der Waals surface area contributed by atoms with Gasteiger partial charge in [-0.15, -0.1) is 0 Å². The van der Waals surface area contributed by atoms with E-state index >= 15 is 4.39 Å². The monoisotopic (exact) mass is 648 g/mol. The summed E-state index contributed by atoms with van der Waals surface area (Å²) in [4.78, 5) is 13.5. The molecule has 6 nitrogen and oxygen atoms in total. The molecule has 1 aliphatic heterocycles. The van der Waals surface area contributed by atoms with Crippen LogP contribution < -0.4 is 24.8 Å². The molecule has 2 aliphatic rings. The molecule has 0 saturated heterocycles. The van der Waals surface area contributed by atoms with Crippen LogP contribution in [0.3, 0.4) is 0 Å². The number of carbonyl (C=O) groups excluding carboxylic acids is 1. The maximum Gasteiger partial charge on any atom is 0.507 e. The molecule has 3 aromatic rings. The molecule has 3 aromatic carbocycles. The maximum atomic E-state index is 15.0. The van der Waals surface area contributed by atoms with Crippen LogP contribution >= 0.6 is 0 Å². The van der Waals surface area contributed by atoms with Crippen molar-refractivity contribution in [2.75, 3.05) is 0 Å². The maximum absolute atomic E-state index is 15.0. The summed E-state index contributed by atoms with van der Waals surface area (Å²) in [5.74, 6) is -3.96. The molecule has 5 rings (SSSR count). The standard InChI is InChI=1S/C30H25F9N2O4/c31-20-12-19(13-22(15-20)43-28(34,35)25(32)33)27(16-17-6-2-1-3-7-17,41-26(42)40-21-8-4-5-9-21)18-10-11-23-24(14-18)45-30(38,39)29(36,37)44-23/h1-3,6-7,10-15,21,25H,4-5,8-9,16H2,(H2,40,41,42)/t27-/m1/s1. The quantitative estimate of drug-likeness (QED) is 0.233. The molecule has 0 spiro atoms. The molecule has 1 saturated carbocycles. The largest absolute Gasteiger partial charge is 0.507 e. The Hall–Kier alpha value is -4.30. The van der Waals surface area contributed by atoms with E-state index in [1.165, 1.54) is 0 Å². The molecule has 2 N–H and O–H groups in total. The average Bonchev–Trinajstić information content (AvgIpc) is 3.45. The molecule has 0 aromatic heterocycles. The summed E-state index contributed by atoms with van der Waals surface area (Å²) in [5.41, 5.74) is -2.14. The highest BCUT2D eigenvalue weighted by Crippen LogP contribution is 2.49. The van der Waals surface area contributed by atoms with Gasteiger partial charge in [0.2, 0.25) is 0 Å². The van der Waals surface area contributed by atoms with E-state index in [4.69, 9.17) is 0 Å². The van der Waals surface area contributed by atoms with Crippen LogP contribution in [0.15, 0.2) is 66.7 Å². The summed E-state index contributed by atoms with van der Waals surface area (Å²) in [6.07, 6.45) is -16.9. The molecule has 0 unspecified atom stereocenters. The summed E-state index contributed by atoms with van der Waals surface area (Å²) < 4.78 is 137. The van der Waals surface area contributed by atoms with Crippen LogP contribution in [0.1, 0.15) is 42.4 Å². The number of benzene rings is 3. The lowest BCUT2D eigenvalue weighted by Gasteiger charge is -2.38. The summed E-state index contributed by atoms with van der Waals surface area (Å²) >= 11 is 0. The van der Waals surface area contributed by atoms with Crippen molar-refractivity contribution in [2.45, 2.75) is 68.4 Å². The Morgan fingerprint density at radius 3 is 2.18 bits per heavy atom. The zero-order valence-corrected chi connectivity index (χ0v) is 23.1. The number of ether oxygens (including phenoxy) is 3. The van der Waals surface area contributed by atoms with Crippen LogP contribution in [-0.4, -0.2) is 36.8 Å². The Kier molecular flexibility index (Phi) is 8.49. The molecule has 1 fully saturated rings.